The molecule has 1 aliphatic carbocycles. The first-order valence-corrected chi connectivity index (χ1v) is 6.51. The van der Waals surface area contributed by atoms with Crippen molar-refractivity contribution in [3.8, 4) is 5.82 Å². The molecule has 0 fully saturated rings. The summed E-state index contributed by atoms with van der Waals surface area (Å²) in [4.78, 5) is 15.6. The lowest BCUT2D eigenvalue weighted by atomic mass is 9.93. The van der Waals surface area contributed by atoms with Crippen LogP contribution in [0, 0.1) is 0 Å². The first kappa shape index (κ1) is 11.9. The van der Waals surface area contributed by atoms with Crippen LogP contribution in [0.25, 0.3) is 5.82 Å². The molecule has 1 N–H and O–H groups in total. The van der Waals surface area contributed by atoms with Crippen molar-refractivity contribution in [1.29, 1.82) is 0 Å². The topological polar surface area (TPSA) is 59.8 Å². The molecule has 1 atom stereocenters. The highest BCUT2D eigenvalue weighted by Crippen LogP contribution is 2.30. The van der Waals surface area contributed by atoms with Crippen molar-refractivity contribution in [3.05, 3.63) is 41.9 Å². The highest BCUT2D eigenvalue weighted by atomic mass is 16.1. The van der Waals surface area contributed by atoms with Crippen molar-refractivity contribution in [2.24, 2.45) is 0 Å². The molecule has 5 heteroatoms. The maximum Gasteiger partial charge on any atom is 0.217 e. The van der Waals surface area contributed by atoms with Crippen LogP contribution in [-0.4, -0.2) is 20.7 Å². The lowest BCUT2D eigenvalue weighted by Crippen LogP contribution is -2.28. The van der Waals surface area contributed by atoms with Gasteiger partial charge in [0.05, 0.1) is 17.9 Å². The standard InChI is InChI=1S/C14H16N4O/c1-10(19)17-12-5-4-6-13-11(12)9-16-18(13)14-7-2-3-8-15-14/h2-3,7-9,12H,4-6H2,1H3,(H,17,19). The van der Waals surface area contributed by atoms with E-state index in [0.29, 0.717) is 0 Å². The minimum Gasteiger partial charge on any atom is -0.349 e. The van der Waals surface area contributed by atoms with E-state index in [1.807, 2.05) is 29.1 Å². The molecule has 98 valence electrons. The van der Waals surface area contributed by atoms with E-state index in [9.17, 15) is 4.79 Å². The molecule has 0 aromatic carbocycles. The van der Waals surface area contributed by atoms with E-state index >= 15 is 0 Å². The van der Waals surface area contributed by atoms with E-state index in [0.717, 1.165) is 36.3 Å². The Morgan fingerprint density at radius 2 is 2.37 bits per heavy atom. The number of hydrogen-bond acceptors (Lipinski definition) is 3. The number of amides is 1. The average Bonchev–Trinajstić information content (AvgIpc) is 2.84. The van der Waals surface area contributed by atoms with Gasteiger partial charge >= 0.3 is 0 Å². The van der Waals surface area contributed by atoms with Crippen LogP contribution in [0.1, 0.15) is 37.1 Å². The number of rotatable bonds is 2. The van der Waals surface area contributed by atoms with Crippen LogP contribution in [0.3, 0.4) is 0 Å². The number of carbonyl (C=O) groups excluding carboxylic acids is 1. The van der Waals surface area contributed by atoms with Crippen LogP contribution in [0.5, 0.6) is 0 Å². The Kier molecular flexibility index (Phi) is 3.03. The third-order valence-electron chi connectivity index (χ3n) is 3.43. The highest BCUT2D eigenvalue weighted by Gasteiger charge is 2.25. The van der Waals surface area contributed by atoms with Gasteiger partial charge in [-0.05, 0) is 31.4 Å². The highest BCUT2D eigenvalue weighted by molar-refractivity contribution is 5.73. The summed E-state index contributed by atoms with van der Waals surface area (Å²) in [7, 11) is 0. The van der Waals surface area contributed by atoms with Gasteiger partial charge in [0.1, 0.15) is 0 Å². The average molecular weight is 256 g/mol. The molecule has 0 saturated heterocycles. The van der Waals surface area contributed by atoms with Crippen LogP contribution in [0.15, 0.2) is 30.6 Å². The van der Waals surface area contributed by atoms with E-state index in [1.54, 1.807) is 13.1 Å². The monoisotopic (exact) mass is 256 g/mol. The first-order valence-electron chi connectivity index (χ1n) is 6.51. The molecule has 2 heterocycles. The number of hydrogen-bond donors (Lipinski definition) is 1. The minimum absolute atomic E-state index is 0.00318. The molecule has 0 aliphatic heterocycles. The summed E-state index contributed by atoms with van der Waals surface area (Å²) in [6, 6.07) is 5.86. The fourth-order valence-electron chi connectivity index (χ4n) is 2.63. The van der Waals surface area contributed by atoms with Gasteiger partial charge in [0.25, 0.3) is 0 Å². The van der Waals surface area contributed by atoms with E-state index < -0.39 is 0 Å². The second-order valence-electron chi connectivity index (χ2n) is 4.79. The molecule has 0 saturated carbocycles. The van der Waals surface area contributed by atoms with Crippen molar-refractivity contribution in [1.82, 2.24) is 20.1 Å². The lowest BCUT2D eigenvalue weighted by molar-refractivity contribution is -0.119. The summed E-state index contributed by atoms with van der Waals surface area (Å²) >= 11 is 0. The van der Waals surface area contributed by atoms with Crippen molar-refractivity contribution in [2.75, 3.05) is 0 Å². The van der Waals surface area contributed by atoms with Gasteiger partial charge in [0.15, 0.2) is 5.82 Å². The summed E-state index contributed by atoms with van der Waals surface area (Å²) in [5.41, 5.74) is 2.27. The fourth-order valence-corrected chi connectivity index (χ4v) is 2.63. The minimum atomic E-state index is 0.00318. The fraction of sp³-hybridized carbons (Fsp3) is 0.357. The SMILES string of the molecule is CC(=O)NC1CCCc2c1cnn2-c1ccccn1. The molecule has 1 amide bonds. The zero-order chi connectivity index (χ0) is 13.2. The van der Waals surface area contributed by atoms with Gasteiger partial charge in [0.2, 0.25) is 5.91 Å². The molecule has 2 aromatic heterocycles. The van der Waals surface area contributed by atoms with Crippen LogP contribution in [0.4, 0.5) is 0 Å². The second kappa shape index (κ2) is 4.84. The van der Waals surface area contributed by atoms with E-state index in [1.165, 1.54) is 0 Å². The number of fused-ring (bicyclic) bond motifs is 1. The smallest absolute Gasteiger partial charge is 0.217 e. The van der Waals surface area contributed by atoms with Crippen LogP contribution in [0.2, 0.25) is 0 Å². The molecule has 2 aromatic rings. The summed E-state index contributed by atoms with van der Waals surface area (Å²) in [5.74, 6) is 0.829. The Labute approximate surface area is 111 Å². The molecule has 3 rings (SSSR count). The van der Waals surface area contributed by atoms with Gasteiger partial charge in [0, 0.05) is 18.7 Å². The van der Waals surface area contributed by atoms with Gasteiger partial charge in [-0.3, -0.25) is 4.79 Å². The molecular formula is C14H16N4O. The van der Waals surface area contributed by atoms with Crippen LogP contribution in [-0.2, 0) is 11.2 Å². The Balaban J connectivity index is 1.98. The maximum absolute atomic E-state index is 11.2. The van der Waals surface area contributed by atoms with Crippen LogP contribution < -0.4 is 5.32 Å². The Hall–Kier alpha value is -2.17. The Morgan fingerprint density at radius 3 is 3.11 bits per heavy atom. The third kappa shape index (κ3) is 2.23. The summed E-state index contributed by atoms with van der Waals surface area (Å²) in [5, 5.41) is 7.42. The molecule has 0 spiro atoms. The molecule has 1 aliphatic rings. The van der Waals surface area contributed by atoms with E-state index in [2.05, 4.69) is 15.4 Å². The maximum atomic E-state index is 11.2. The predicted molar refractivity (Wildman–Crippen MR) is 70.9 cm³/mol. The molecule has 19 heavy (non-hydrogen) atoms. The van der Waals surface area contributed by atoms with Gasteiger partial charge in [-0.1, -0.05) is 6.07 Å². The molecule has 1 unspecified atom stereocenters. The largest absolute Gasteiger partial charge is 0.349 e. The number of aromatic nitrogens is 3. The van der Waals surface area contributed by atoms with Gasteiger partial charge in [-0.2, -0.15) is 5.10 Å². The number of nitrogens with zero attached hydrogens (tertiary/aromatic N) is 3. The Bertz CT molecular complexity index is 591. The Morgan fingerprint density at radius 1 is 1.47 bits per heavy atom. The summed E-state index contributed by atoms with van der Waals surface area (Å²) in [6.07, 6.45) is 6.61. The number of nitrogens with one attached hydrogen (secondary N) is 1. The number of carbonyl (C=O) groups is 1. The predicted octanol–water partition coefficient (Wildman–Crippen LogP) is 1.78. The zero-order valence-electron chi connectivity index (χ0n) is 10.8. The normalized spacial score (nSPS) is 17.8. The van der Waals surface area contributed by atoms with E-state index in [4.69, 9.17) is 0 Å². The van der Waals surface area contributed by atoms with Crippen molar-refractivity contribution < 1.29 is 4.79 Å². The van der Waals surface area contributed by atoms with Crippen molar-refractivity contribution in [2.45, 2.75) is 32.2 Å². The van der Waals surface area contributed by atoms with Gasteiger partial charge in [-0.25, -0.2) is 9.67 Å². The van der Waals surface area contributed by atoms with Gasteiger partial charge < -0.3 is 5.32 Å². The quantitative estimate of drug-likeness (QED) is 0.891. The van der Waals surface area contributed by atoms with E-state index in [-0.39, 0.29) is 11.9 Å². The lowest BCUT2D eigenvalue weighted by Gasteiger charge is -2.23. The number of pyridine rings is 1. The zero-order valence-corrected chi connectivity index (χ0v) is 10.8. The van der Waals surface area contributed by atoms with Crippen molar-refractivity contribution in [3.63, 3.8) is 0 Å². The molecule has 0 bridgehead atoms. The molecular weight excluding hydrogens is 240 g/mol. The first-order chi connectivity index (χ1) is 9.25. The third-order valence-corrected chi connectivity index (χ3v) is 3.43. The summed E-state index contributed by atoms with van der Waals surface area (Å²) in [6.45, 7) is 1.55. The van der Waals surface area contributed by atoms with Gasteiger partial charge in [-0.15, -0.1) is 0 Å². The molecule has 0 radical (unpaired) electrons. The van der Waals surface area contributed by atoms with Crippen molar-refractivity contribution >= 4 is 5.91 Å². The molecule has 5 nitrogen and oxygen atoms in total. The summed E-state index contributed by atoms with van der Waals surface area (Å²) < 4.78 is 1.88. The second-order valence-corrected chi connectivity index (χ2v) is 4.79. The van der Waals surface area contributed by atoms with Crippen LogP contribution >= 0.6 is 0 Å².